The second-order valence-electron chi connectivity index (χ2n) is 4.96. The predicted octanol–water partition coefficient (Wildman–Crippen LogP) is 4.49. The molecule has 0 saturated heterocycles. The Labute approximate surface area is 155 Å². The first-order valence-corrected chi connectivity index (χ1v) is 9.29. The van der Waals surface area contributed by atoms with E-state index in [9.17, 15) is 14.9 Å². The van der Waals surface area contributed by atoms with Crippen LogP contribution in [0.25, 0.3) is 16.3 Å². The van der Waals surface area contributed by atoms with E-state index in [0.29, 0.717) is 21.2 Å². The number of thiazole rings is 1. The molecule has 2 heterocycles. The maximum Gasteiger partial charge on any atom is 0.324 e. The molecule has 2 aromatic heterocycles. The van der Waals surface area contributed by atoms with E-state index in [-0.39, 0.29) is 5.00 Å². The zero-order valence-electron chi connectivity index (χ0n) is 13.0. The Hall–Kier alpha value is -2.29. The Morgan fingerprint density at radius 2 is 2.16 bits per heavy atom. The molecular weight excluding hydrogens is 382 g/mol. The number of carbonyl (C=O) groups is 1. The second kappa shape index (κ2) is 7.30. The number of aromatic nitrogens is 1. The van der Waals surface area contributed by atoms with Crippen LogP contribution in [0.4, 0.5) is 5.00 Å². The number of rotatable bonds is 4. The van der Waals surface area contributed by atoms with Gasteiger partial charge in [0.15, 0.2) is 4.80 Å². The number of nitrogens with zero attached hydrogens (tertiary/aromatic N) is 3. The van der Waals surface area contributed by atoms with Crippen LogP contribution in [0.3, 0.4) is 0 Å². The van der Waals surface area contributed by atoms with E-state index < -0.39 is 10.8 Å². The van der Waals surface area contributed by atoms with Gasteiger partial charge >= 0.3 is 5.00 Å². The number of halogens is 1. The Balaban J connectivity index is 1.91. The fourth-order valence-corrected chi connectivity index (χ4v) is 4.35. The van der Waals surface area contributed by atoms with Crippen molar-refractivity contribution in [2.45, 2.75) is 13.5 Å². The monoisotopic (exact) mass is 393 g/mol. The average Bonchev–Trinajstić information content (AvgIpc) is 3.16. The molecule has 3 aromatic rings. The molecule has 0 fully saturated rings. The third kappa shape index (κ3) is 3.87. The predicted molar refractivity (Wildman–Crippen MR) is 101 cm³/mol. The summed E-state index contributed by atoms with van der Waals surface area (Å²) in [5, 5.41) is 11.3. The fourth-order valence-electron chi connectivity index (χ4n) is 2.25. The molecule has 0 unspecified atom stereocenters. The number of fused-ring (bicyclic) bond motifs is 1. The summed E-state index contributed by atoms with van der Waals surface area (Å²) in [5.74, 6) is -0.420. The molecule has 25 heavy (non-hydrogen) atoms. The molecule has 0 aliphatic heterocycles. The van der Waals surface area contributed by atoms with E-state index in [1.165, 1.54) is 29.6 Å². The van der Waals surface area contributed by atoms with Crippen LogP contribution in [0.15, 0.2) is 41.4 Å². The number of aryl methyl sites for hydroxylation is 1. The van der Waals surface area contributed by atoms with Crippen molar-refractivity contribution in [3.8, 4) is 0 Å². The van der Waals surface area contributed by atoms with E-state index in [1.54, 1.807) is 12.1 Å². The van der Waals surface area contributed by atoms with Crippen molar-refractivity contribution in [3.63, 3.8) is 0 Å². The Morgan fingerprint density at radius 1 is 1.36 bits per heavy atom. The van der Waals surface area contributed by atoms with Crippen LogP contribution in [-0.4, -0.2) is 15.4 Å². The maximum absolute atomic E-state index is 12.1. The Bertz CT molecular complexity index is 1060. The van der Waals surface area contributed by atoms with Crippen molar-refractivity contribution in [2.24, 2.45) is 4.99 Å². The number of hydrogen-bond acceptors (Lipinski definition) is 5. The van der Waals surface area contributed by atoms with Crippen molar-refractivity contribution in [1.29, 1.82) is 0 Å². The van der Waals surface area contributed by atoms with Gasteiger partial charge in [-0.25, -0.2) is 0 Å². The molecule has 0 radical (unpaired) electrons. The first-order chi connectivity index (χ1) is 12.0. The van der Waals surface area contributed by atoms with Crippen molar-refractivity contribution in [1.82, 2.24) is 4.57 Å². The highest BCUT2D eigenvalue weighted by atomic mass is 35.5. The molecule has 3 rings (SSSR count). The lowest BCUT2D eigenvalue weighted by atomic mass is 10.3. The number of carbonyl (C=O) groups excluding carboxylic acids is 1. The molecule has 0 aliphatic carbocycles. The van der Waals surface area contributed by atoms with Gasteiger partial charge in [0.25, 0.3) is 5.91 Å². The van der Waals surface area contributed by atoms with Gasteiger partial charge in [0, 0.05) is 28.6 Å². The first-order valence-electron chi connectivity index (χ1n) is 7.28. The van der Waals surface area contributed by atoms with Crippen molar-refractivity contribution in [2.75, 3.05) is 0 Å². The summed E-state index contributed by atoms with van der Waals surface area (Å²) in [6.07, 6.45) is 2.84. The summed E-state index contributed by atoms with van der Waals surface area (Å²) >= 11 is 8.41. The third-order valence-electron chi connectivity index (χ3n) is 3.35. The van der Waals surface area contributed by atoms with E-state index in [2.05, 4.69) is 4.99 Å². The minimum atomic E-state index is -0.458. The molecule has 0 spiro atoms. The van der Waals surface area contributed by atoms with Crippen molar-refractivity contribution >= 4 is 61.5 Å². The largest absolute Gasteiger partial charge is 0.324 e. The van der Waals surface area contributed by atoms with Gasteiger partial charge in [-0.3, -0.25) is 14.9 Å². The summed E-state index contributed by atoms with van der Waals surface area (Å²) in [6.45, 7) is 2.65. The van der Waals surface area contributed by atoms with Crippen LogP contribution in [0.5, 0.6) is 0 Å². The highest BCUT2D eigenvalue weighted by Crippen LogP contribution is 2.25. The number of hydrogen-bond donors (Lipinski definition) is 0. The zero-order chi connectivity index (χ0) is 18.0. The molecule has 1 amide bonds. The molecule has 0 bridgehead atoms. The summed E-state index contributed by atoms with van der Waals surface area (Å²) < 4.78 is 2.90. The Kier molecular flexibility index (Phi) is 5.12. The summed E-state index contributed by atoms with van der Waals surface area (Å²) in [5.41, 5.74) is 0.973. The zero-order valence-corrected chi connectivity index (χ0v) is 15.4. The summed E-state index contributed by atoms with van der Waals surface area (Å²) in [6, 6.07) is 8.56. The van der Waals surface area contributed by atoms with Gasteiger partial charge in [-0.2, -0.15) is 4.99 Å². The number of benzene rings is 1. The van der Waals surface area contributed by atoms with Crippen LogP contribution >= 0.6 is 34.3 Å². The molecule has 6 nitrogen and oxygen atoms in total. The molecule has 0 N–H and O–H groups in total. The van der Waals surface area contributed by atoms with Crippen LogP contribution in [-0.2, 0) is 11.3 Å². The lowest BCUT2D eigenvalue weighted by molar-refractivity contribution is -0.380. The first kappa shape index (κ1) is 17.5. The molecule has 0 saturated carbocycles. The number of amides is 1. The van der Waals surface area contributed by atoms with Crippen LogP contribution in [0.2, 0.25) is 5.02 Å². The van der Waals surface area contributed by atoms with Gasteiger partial charge in [0.2, 0.25) is 0 Å². The van der Waals surface area contributed by atoms with Crippen molar-refractivity contribution in [3.05, 3.63) is 61.2 Å². The highest BCUT2D eigenvalue weighted by Gasteiger charge is 2.09. The molecule has 0 atom stereocenters. The van der Waals surface area contributed by atoms with Gasteiger partial charge in [0.1, 0.15) is 0 Å². The standard InChI is InChI=1S/C16H12ClN3O3S2/c1-2-19-12-6-3-10(17)9-13(12)25-16(19)18-14(21)7-4-11-5-8-15(24-11)20(22)23/h3-9H,2H2,1H3/b7-4+,18-16?. The van der Waals surface area contributed by atoms with Gasteiger partial charge in [0.05, 0.1) is 15.1 Å². The maximum atomic E-state index is 12.1. The topological polar surface area (TPSA) is 77.5 Å². The van der Waals surface area contributed by atoms with Gasteiger partial charge in [-0.1, -0.05) is 34.3 Å². The quantitative estimate of drug-likeness (QED) is 0.372. The summed E-state index contributed by atoms with van der Waals surface area (Å²) in [7, 11) is 0. The van der Waals surface area contributed by atoms with Gasteiger partial charge in [-0.15, -0.1) is 0 Å². The van der Waals surface area contributed by atoms with Crippen molar-refractivity contribution < 1.29 is 9.72 Å². The molecule has 1 aromatic carbocycles. The van der Waals surface area contributed by atoms with E-state index in [1.807, 2.05) is 23.6 Å². The average molecular weight is 394 g/mol. The molecule has 0 aliphatic rings. The Morgan fingerprint density at radius 3 is 2.84 bits per heavy atom. The van der Waals surface area contributed by atoms with Crippen LogP contribution < -0.4 is 4.80 Å². The summed E-state index contributed by atoms with van der Waals surface area (Å²) in [4.78, 5) is 27.7. The normalized spacial score (nSPS) is 12.3. The lowest BCUT2D eigenvalue weighted by Gasteiger charge is -1.99. The third-order valence-corrected chi connectivity index (χ3v) is 5.63. The van der Waals surface area contributed by atoms with Crippen LogP contribution in [0.1, 0.15) is 11.8 Å². The molecular formula is C16H12ClN3O3S2. The second-order valence-corrected chi connectivity index (χ2v) is 7.50. The SMILES string of the molecule is CCn1c(=NC(=O)/C=C/c2ccc([N+](=O)[O-])s2)sc2cc(Cl)ccc21. The van der Waals surface area contributed by atoms with E-state index >= 15 is 0 Å². The van der Waals surface area contributed by atoms with Gasteiger partial charge < -0.3 is 4.57 Å². The minimum Gasteiger partial charge on any atom is -0.317 e. The van der Waals surface area contributed by atoms with Gasteiger partial charge in [-0.05, 0) is 37.3 Å². The van der Waals surface area contributed by atoms with E-state index in [4.69, 9.17) is 11.6 Å². The number of thiophene rings is 1. The lowest BCUT2D eigenvalue weighted by Crippen LogP contribution is -2.15. The minimum absolute atomic E-state index is 0.0363. The highest BCUT2D eigenvalue weighted by molar-refractivity contribution is 7.16. The van der Waals surface area contributed by atoms with Crippen LogP contribution in [0, 0.1) is 10.1 Å². The molecule has 128 valence electrons. The van der Waals surface area contributed by atoms with E-state index in [0.717, 1.165) is 21.6 Å². The molecule has 9 heteroatoms. The number of nitro groups is 1. The fraction of sp³-hybridized carbons (Fsp3) is 0.125. The smallest absolute Gasteiger partial charge is 0.317 e.